The Hall–Kier alpha value is -0.0200. The summed E-state index contributed by atoms with van der Waals surface area (Å²) in [6.07, 6.45) is 0. The van der Waals surface area contributed by atoms with E-state index in [1.54, 1.807) is 0 Å². The zero-order valence-electron chi connectivity index (χ0n) is 10.5. The van der Waals surface area contributed by atoms with Crippen LogP contribution in [0, 0.1) is 13.8 Å². The normalized spacial score (nSPS) is 12.5. The molecule has 1 atom stereocenters. The quantitative estimate of drug-likeness (QED) is 0.464. The van der Waals surface area contributed by atoms with Crippen molar-refractivity contribution in [1.82, 2.24) is 0 Å². The molecular formula is C15H12Br2Cl2. The van der Waals surface area contributed by atoms with Gasteiger partial charge in [-0.15, -0.1) is 0 Å². The Morgan fingerprint density at radius 3 is 2.21 bits per heavy atom. The van der Waals surface area contributed by atoms with E-state index in [1.807, 2.05) is 24.3 Å². The van der Waals surface area contributed by atoms with E-state index in [2.05, 4.69) is 51.8 Å². The van der Waals surface area contributed by atoms with Crippen LogP contribution >= 0.6 is 55.1 Å². The van der Waals surface area contributed by atoms with Gasteiger partial charge in [-0.25, -0.2) is 0 Å². The molecule has 0 aliphatic carbocycles. The molecule has 0 spiro atoms. The third kappa shape index (κ3) is 3.36. The van der Waals surface area contributed by atoms with Gasteiger partial charge in [0.25, 0.3) is 0 Å². The van der Waals surface area contributed by atoms with Crippen LogP contribution in [0.15, 0.2) is 34.8 Å². The van der Waals surface area contributed by atoms with Gasteiger partial charge < -0.3 is 0 Å². The average molecular weight is 423 g/mol. The number of halogens is 4. The molecule has 0 fully saturated rings. The highest BCUT2D eigenvalue weighted by Crippen LogP contribution is 2.40. The van der Waals surface area contributed by atoms with E-state index < -0.39 is 0 Å². The first kappa shape index (κ1) is 15.4. The van der Waals surface area contributed by atoms with Gasteiger partial charge in [0.05, 0.1) is 4.83 Å². The van der Waals surface area contributed by atoms with Gasteiger partial charge in [0, 0.05) is 14.5 Å². The molecule has 0 bridgehead atoms. The lowest BCUT2D eigenvalue weighted by molar-refractivity contribution is 1.14. The molecule has 0 aliphatic rings. The fourth-order valence-corrected chi connectivity index (χ4v) is 4.33. The summed E-state index contributed by atoms with van der Waals surface area (Å²) in [6.45, 7) is 4.15. The van der Waals surface area contributed by atoms with E-state index in [4.69, 9.17) is 23.2 Å². The molecule has 19 heavy (non-hydrogen) atoms. The van der Waals surface area contributed by atoms with E-state index in [9.17, 15) is 0 Å². The number of hydrogen-bond acceptors (Lipinski definition) is 0. The largest absolute Gasteiger partial charge is 0.0843 e. The maximum Gasteiger partial charge on any atom is 0.0670 e. The molecule has 0 radical (unpaired) electrons. The predicted molar refractivity (Wildman–Crippen MR) is 90.8 cm³/mol. The summed E-state index contributed by atoms with van der Waals surface area (Å²) in [4.78, 5) is 0.0333. The number of benzene rings is 2. The maximum absolute atomic E-state index is 6.36. The Kier molecular flexibility index (Phi) is 4.99. The minimum absolute atomic E-state index is 0.0333. The SMILES string of the molecule is Cc1cc(Cl)c(C(Br)c2ccc(Cl)cc2Br)cc1C. The third-order valence-corrected chi connectivity index (χ3v) is 5.36. The van der Waals surface area contributed by atoms with E-state index in [0.29, 0.717) is 5.02 Å². The molecule has 1 unspecified atom stereocenters. The van der Waals surface area contributed by atoms with Crippen LogP contribution in [-0.2, 0) is 0 Å². The van der Waals surface area contributed by atoms with Gasteiger partial charge in [0.1, 0.15) is 0 Å². The van der Waals surface area contributed by atoms with Crippen LogP contribution in [0.3, 0.4) is 0 Å². The molecule has 4 heteroatoms. The van der Waals surface area contributed by atoms with Crippen molar-refractivity contribution in [3.63, 3.8) is 0 Å². The standard InChI is InChI=1S/C15H12Br2Cl2/c1-8-5-12(14(19)6-9(8)2)15(17)11-4-3-10(18)7-13(11)16/h3-7,15H,1-2H3. The van der Waals surface area contributed by atoms with Crippen LogP contribution in [-0.4, -0.2) is 0 Å². The molecular weight excluding hydrogens is 411 g/mol. The molecule has 0 aromatic heterocycles. The van der Waals surface area contributed by atoms with Crippen molar-refractivity contribution in [3.8, 4) is 0 Å². The van der Waals surface area contributed by atoms with Gasteiger partial charge >= 0.3 is 0 Å². The summed E-state index contributed by atoms with van der Waals surface area (Å²) < 4.78 is 0.969. The smallest absolute Gasteiger partial charge is 0.0670 e. The summed E-state index contributed by atoms with van der Waals surface area (Å²) in [6, 6.07) is 9.89. The lowest BCUT2D eigenvalue weighted by Gasteiger charge is -2.16. The Labute approximate surface area is 140 Å². The van der Waals surface area contributed by atoms with Gasteiger partial charge in [-0.2, -0.15) is 0 Å². The summed E-state index contributed by atoms with van der Waals surface area (Å²) >= 11 is 19.6. The molecule has 2 rings (SSSR count). The van der Waals surface area contributed by atoms with Gasteiger partial charge in [-0.3, -0.25) is 0 Å². The zero-order chi connectivity index (χ0) is 14.2. The molecule has 2 aromatic rings. The summed E-state index contributed by atoms with van der Waals surface area (Å²) in [5, 5.41) is 1.48. The third-order valence-electron chi connectivity index (χ3n) is 3.12. The van der Waals surface area contributed by atoms with Gasteiger partial charge in [-0.05, 0) is 54.3 Å². The maximum atomic E-state index is 6.36. The van der Waals surface area contributed by atoms with E-state index in [-0.39, 0.29) is 4.83 Å². The van der Waals surface area contributed by atoms with Crippen molar-refractivity contribution in [2.75, 3.05) is 0 Å². The topological polar surface area (TPSA) is 0 Å². The molecule has 0 saturated heterocycles. The van der Waals surface area contributed by atoms with Crippen molar-refractivity contribution >= 4 is 55.1 Å². The Morgan fingerprint density at radius 1 is 0.947 bits per heavy atom. The lowest BCUT2D eigenvalue weighted by Crippen LogP contribution is -1.97. The highest BCUT2D eigenvalue weighted by Gasteiger charge is 2.17. The first-order valence-corrected chi connectivity index (χ1v) is 8.22. The highest BCUT2D eigenvalue weighted by atomic mass is 79.9. The second-order valence-electron chi connectivity index (χ2n) is 4.49. The molecule has 0 nitrogen and oxygen atoms in total. The molecule has 0 heterocycles. The molecule has 0 N–H and O–H groups in total. The van der Waals surface area contributed by atoms with Gasteiger partial charge in [0.2, 0.25) is 0 Å². The van der Waals surface area contributed by atoms with Crippen molar-refractivity contribution in [2.45, 2.75) is 18.7 Å². The van der Waals surface area contributed by atoms with Crippen molar-refractivity contribution < 1.29 is 0 Å². The molecule has 100 valence electrons. The van der Waals surface area contributed by atoms with Crippen LogP contribution in [0.25, 0.3) is 0 Å². The minimum atomic E-state index is 0.0333. The van der Waals surface area contributed by atoms with Crippen molar-refractivity contribution in [1.29, 1.82) is 0 Å². The Balaban J connectivity index is 2.49. The fraction of sp³-hybridized carbons (Fsp3) is 0.200. The Bertz CT molecular complexity index is 624. The number of rotatable bonds is 2. The minimum Gasteiger partial charge on any atom is -0.0843 e. The van der Waals surface area contributed by atoms with Crippen LogP contribution < -0.4 is 0 Å². The molecule has 2 aromatic carbocycles. The van der Waals surface area contributed by atoms with Gasteiger partial charge in [0.15, 0.2) is 0 Å². The summed E-state index contributed by atoms with van der Waals surface area (Å²) in [7, 11) is 0. The number of hydrogen-bond donors (Lipinski definition) is 0. The predicted octanol–water partition coefficient (Wildman–Crippen LogP) is 6.86. The van der Waals surface area contributed by atoms with Crippen LogP contribution in [0.1, 0.15) is 27.1 Å². The molecule has 0 aliphatic heterocycles. The molecule has 0 amide bonds. The lowest BCUT2D eigenvalue weighted by atomic mass is 10.0. The fourth-order valence-electron chi connectivity index (χ4n) is 1.87. The first-order valence-electron chi connectivity index (χ1n) is 5.76. The zero-order valence-corrected chi connectivity index (χ0v) is 15.2. The average Bonchev–Trinajstić information content (AvgIpc) is 2.33. The first-order chi connectivity index (χ1) is 8.90. The monoisotopic (exact) mass is 420 g/mol. The summed E-state index contributed by atoms with van der Waals surface area (Å²) in [5.41, 5.74) is 4.60. The second kappa shape index (κ2) is 6.17. The van der Waals surface area contributed by atoms with Crippen LogP contribution in [0.2, 0.25) is 10.0 Å². The van der Waals surface area contributed by atoms with E-state index in [1.165, 1.54) is 11.1 Å². The van der Waals surface area contributed by atoms with Crippen LogP contribution in [0.4, 0.5) is 0 Å². The summed E-state index contributed by atoms with van der Waals surface area (Å²) in [5.74, 6) is 0. The Morgan fingerprint density at radius 2 is 1.58 bits per heavy atom. The number of alkyl halides is 1. The van der Waals surface area contributed by atoms with Crippen molar-refractivity contribution in [2.24, 2.45) is 0 Å². The number of aryl methyl sites for hydroxylation is 2. The molecule has 0 saturated carbocycles. The van der Waals surface area contributed by atoms with Crippen molar-refractivity contribution in [3.05, 3.63) is 67.1 Å². The van der Waals surface area contributed by atoms with Gasteiger partial charge in [-0.1, -0.05) is 67.2 Å². The van der Waals surface area contributed by atoms with E-state index >= 15 is 0 Å². The van der Waals surface area contributed by atoms with Crippen LogP contribution in [0.5, 0.6) is 0 Å². The highest BCUT2D eigenvalue weighted by molar-refractivity contribution is 9.11. The van der Waals surface area contributed by atoms with E-state index in [0.717, 1.165) is 20.6 Å². The second-order valence-corrected chi connectivity index (χ2v) is 7.10.